The van der Waals surface area contributed by atoms with Crippen LogP contribution in [-0.4, -0.2) is 29.5 Å². The predicted octanol–water partition coefficient (Wildman–Crippen LogP) is 13.6. The van der Waals surface area contributed by atoms with E-state index in [1.807, 2.05) is 36.4 Å². The topological polar surface area (TPSA) is 69.4 Å². The second-order valence-electron chi connectivity index (χ2n) is 15.2. The number of aromatic nitrogens is 6. The van der Waals surface area contributed by atoms with E-state index < -0.39 is 0 Å². The average molecular weight is 779 g/mol. The lowest BCUT2D eigenvalue weighted by Crippen LogP contribution is -2.02. The Kier molecular flexibility index (Phi) is 8.06. The number of hydrogen-bond donors (Lipinski definition) is 0. The lowest BCUT2D eigenvalue weighted by atomic mass is 9.96. The molecule has 0 fully saturated rings. The molecule has 0 unspecified atom stereocenters. The zero-order valence-electron chi connectivity index (χ0n) is 32.8. The SMILES string of the molecule is c1ccc(-c2ccc(-c3nc(-c4ccccc4)nc(-c4ccccc4-c4ccccc4-n4c5ccccc5c5ccc6c7nccnc7c7ccccc7c6c54)n3)cc2)cc1. The minimum absolute atomic E-state index is 0.602. The van der Waals surface area contributed by atoms with Gasteiger partial charge in [-0.05, 0) is 34.2 Å². The van der Waals surface area contributed by atoms with Crippen molar-refractivity contribution in [2.24, 2.45) is 0 Å². The van der Waals surface area contributed by atoms with E-state index in [0.29, 0.717) is 17.5 Å². The van der Waals surface area contributed by atoms with Crippen LogP contribution in [0.2, 0.25) is 0 Å². The third-order valence-corrected chi connectivity index (χ3v) is 11.8. The van der Waals surface area contributed by atoms with Crippen LogP contribution in [0.15, 0.2) is 207 Å². The van der Waals surface area contributed by atoms with Crippen molar-refractivity contribution >= 4 is 54.4 Å². The lowest BCUT2D eigenvalue weighted by Gasteiger charge is -2.18. The Balaban J connectivity index is 1.11. The Labute approximate surface area is 351 Å². The molecule has 61 heavy (non-hydrogen) atoms. The van der Waals surface area contributed by atoms with Crippen molar-refractivity contribution in [2.45, 2.75) is 0 Å². The molecule has 0 spiro atoms. The number of para-hydroxylation sites is 2. The maximum Gasteiger partial charge on any atom is 0.164 e. The van der Waals surface area contributed by atoms with Crippen molar-refractivity contribution in [1.29, 1.82) is 0 Å². The van der Waals surface area contributed by atoms with E-state index in [1.54, 1.807) is 12.4 Å². The quantitative estimate of drug-likeness (QED) is 0.157. The molecule has 0 saturated carbocycles. The number of benzene rings is 9. The highest BCUT2D eigenvalue weighted by atomic mass is 15.0. The van der Waals surface area contributed by atoms with E-state index in [4.69, 9.17) is 24.9 Å². The van der Waals surface area contributed by atoms with E-state index in [2.05, 4.69) is 162 Å². The molecular weight excluding hydrogens is 745 g/mol. The number of hydrogen-bond acceptors (Lipinski definition) is 5. The summed E-state index contributed by atoms with van der Waals surface area (Å²) < 4.78 is 2.44. The van der Waals surface area contributed by atoms with Crippen LogP contribution in [0.1, 0.15) is 0 Å². The first-order valence-corrected chi connectivity index (χ1v) is 20.4. The van der Waals surface area contributed by atoms with Crippen molar-refractivity contribution in [1.82, 2.24) is 29.5 Å². The summed E-state index contributed by atoms with van der Waals surface area (Å²) in [6.07, 6.45) is 3.57. The highest BCUT2D eigenvalue weighted by Crippen LogP contribution is 2.44. The zero-order valence-corrected chi connectivity index (χ0v) is 32.8. The van der Waals surface area contributed by atoms with Gasteiger partial charge in [0.2, 0.25) is 0 Å². The Morgan fingerprint density at radius 3 is 1.54 bits per heavy atom. The van der Waals surface area contributed by atoms with Crippen LogP contribution in [0.4, 0.5) is 0 Å². The minimum Gasteiger partial charge on any atom is -0.308 e. The molecule has 0 atom stereocenters. The number of rotatable bonds is 6. The van der Waals surface area contributed by atoms with Crippen LogP contribution >= 0.6 is 0 Å². The van der Waals surface area contributed by atoms with Gasteiger partial charge in [-0.1, -0.05) is 182 Å². The minimum atomic E-state index is 0.602. The zero-order chi connectivity index (χ0) is 40.3. The van der Waals surface area contributed by atoms with Crippen molar-refractivity contribution < 1.29 is 0 Å². The second-order valence-corrected chi connectivity index (χ2v) is 15.2. The van der Waals surface area contributed by atoms with E-state index >= 15 is 0 Å². The highest BCUT2D eigenvalue weighted by molar-refractivity contribution is 6.32. The molecule has 284 valence electrons. The van der Waals surface area contributed by atoms with Crippen LogP contribution in [0.5, 0.6) is 0 Å². The van der Waals surface area contributed by atoms with Gasteiger partial charge in [0, 0.05) is 61.6 Å². The molecule has 0 bridgehead atoms. The Hall–Kier alpha value is -8.35. The summed E-state index contributed by atoms with van der Waals surface area (Å²) >= 11 is 0. The standard InChI is InChI=1S/C55H34N6/c1-3-15-35(16-4-1)36-27-29-38(30-28-36)54-58-53(37-17-5-2-6-18-37)59-55(60-54)45-24-10-7-19-39(45)40-20-11-13-25-47(40)61-48-26-14-12-21-41(48)44-31-32-46-49(52(44)61)42-22-8-9-23-43(42)50-51(46)57-34-33-56-50/h1-34H. The smallest absolute Gasteiger partial charge is 0.164 e. The molecule has 12 rings (SSSR count). The van der Waals surface area contributed by atoms with Crippen molar-refractivity contribution in [3.63, 3.8) is 0 Å². The van der Waals surface area contributed by atoms with Gasteiger partial charge in [-0.2, -0.15) is 0 Å². The van der Waals surface area contributed by atoms with Crippen LogP contribution in [0.3, 0.4) is 0 Å². The molecule has 6 nitrogen and oxygen atoms in total. The van der Waals surface area contributed by atoms with Crippen LogP contribution in [-0.2, 0) is 0 Å². The highest BCUT2D eigenvalue weighted by Gasteiger charge is 2.23. The van der Waals surface area contributed by atoms with Crippen LogP contribution in [0.25, 0.3) is 116 Å². The predicted molar refractivity (Wildman–Crippen MR) is 249 cm³/mol. The molecule has 0 saturated heterocycles. The van der Waals surface area contributed by atoms with Crippen molar-refractivity contribution in [3.05, 3.63) is 207 Å². The van der Waals surface area contributed by atoms with Crippen LogP contribution < -0.4 is 0 Å². The van der Waals surface area contributed by atoms with Crippen molar-refractivity contribution in [3.8, 4) is 62.1 Å². The fraction of sp³-hybridized carbons (Fsp3) is 0. The summed E-state index contributed by atoms with van der Waals surface area (Å²) in [5, 5.41) is 6.79. The summed E-state index contributed by atoms with van der Waals surface area (Å²) in [5.41, 5.74) is 12.2. The van der Waals surface area contributed by atoms with Gasteiger partial charge in [-0.15, -0.1) is 0 Å². The Morgan fingerprint density at radius 1 is 0.311 bits per heavy atom. The van der Waals surface area contributed by atoms with Gasteiger partial charge in [-0.3, -0.25) is 9.97 Å². The maximum atomic E-state index is 5.24. The van der Waals surface area contributed by atoms with Gasteiger partial charge >= 0.3 is 0 Å². The average Bonchev–Trinajstić information content (AvgIpc) is 3.69. The monoisotopic (exact) mass is 778 g/mol. The first-order chi connectivity index (χ1) is 30.3. The fourth-order valence-corrected chi connectivity index (χ4v) is 9.01. The molecule has 0 aliphatic heterocycles. The van der Waals surface area contributed by atoms with Crippen molar-refractivity contribution in [2.75, 3.05) is 0 Å². The van der Waals surface area contributed by atoms with Gasteiger partial charge < -0.3 is 4.57 Å². The second kappa shape index (κ2) is 14.2. The van der Waals surface area contributed by atoms with Gasteiger partial charge in [-0.25, -0.2) is 15.0 Å². The van der Waals surface area contributed by atoms with E-state index in [1.165, 1.54) is 10.8 Å². The molecule has 9 aromatic carbocycles. The Morgan fingerprint density at radius 2 is 0.803 bits per heavy atom. The molecule has 0 aliphatic rings. The van der Waals surface area contributed by atoms with Gasteiger partial charge in [0.25, 0.3) is 0 Å². The van der Waals surface area contributed by atoms with Gasteiger partial charge in [0.15, 0.2) is 17.5 Å². The summed E-state index contributed by atoms with van der Waals surface area (Å²) in [6, 6.07) is 67.9. The molecule has 0 aliphatic carbocycles. The molecule has 12 aromatic rings. The van der Waals surface area contributed by atoms with Gasteiger partial charge in [0.1, 0.15) is 0 Å². The first-order valence-electron chi connectivity index (χ1n) is 20.4. The summed E-state index contributed by atoms with van der Waals surface area (Å²) in [6.45, 7) is 0. The summed E-state index contributed by atoms with van der Waals surface area (Å²) in [4.78, 5) is 25.3. The molecule has 0 radical (unpaired) electrons. The van der Waals surface area contributed by atoms with E-state index in [9.17, 15) is 0 Å². The molecule has 3 heterocycles. The largest absolute Gasteiger partial charge is 0.308 e. The fourth-order valence-electron chi connectivity index (χ4n) is 9.01. The summed E-state index contributed by atoms with van der Waals surface area (Å²) in [7, 11) is 0. The number of nitrogens with zero attached hydrogens (tertiary/aromatic N) is 6. The third-order valence-electron chi connectivity index (χ3n) is 11.8. The first kappa shape index (κ1) is 34.7. The van der Waals surface area contributed by atoms with E-state index in [-0.39, 0.29) is 0 Å². The molecular formula is C55H34N6. The molecule has 6 heteroatoms. The molecule has 0 amide bonds. The third kappa shape index (κ3) is 5.69. The Bertz CT molecular complexity index is 3600. The molecule has 0 N–H and O–H groups in total. The van der Waals surface area contributed by atoms with Crippen LogP contribution in [0, 0.1) is 0 Å². The molecule has 3 aromatic heterocycles. The maximum absolute atomic E-state index is 5.24. The summed E-state index contributed by atoms with van der Waals surface area (Å²) in [5.74, 6) is 1.83. The van der Waals surface area contributed by atoms with Gasteiger partial charge in [0.05, 0.1) is 27.8 Å². The lowest BCUT2D eigenvalue weighted by molar-refractivity contribution is 1.07. The normalized spacial score (nSPS) is 11.6. The van der Waals surface area contributed by atoms with E-state index in [0.717, 1.165) is 88.2 Å². The number of fused-ring (bicyclic) bond motifs is 10.